The number of benzene rings is 2. The van der Waals surface area contributed by atoms with Crippen LogP contribution in [-0.2, 0) is 9.53 Å². The Morgan fingerprint density at radius 1 is 0.925 bits per heavy atom. The van der Waals surface area contributed by atoms with Crippen molar-refractivity contribution in [2.45, 2.75) is 45.3 Å². The summed E-state index contributed by atoms with van der Waals surface area (Å²) < 4.78 is 5.45. The maximum absolute atomic E-state index is 13.6. The van der Waals surface area contributed by atoms with Crippen LogP contribution in [0.5, 0.6) is 0 Å². The van der Waals surface area contributed by atoms with Gasteiger partial charge >= 0.3 is 6.09 Å². The number of fused-ring (bicyclic) bond motifs is 2. The van der Waals surface area contributed by atoms with E-state index in [4.69, 9.17) is 4.74 Å². The Labute approximate surface area is 235 Å². The van der Waals surface area contributed by atoms with Crippen molar-refractivity contribution in [1.29, 1.82) is 0 Å². The number of carbonyl (C=O) groups excluding carboxylic acids is 4. The number of hydrogen-bond donors (Lipinski definition) is 3. The van der Waals surface area contributed by atoms with Crippen LogP contribution in [0.1, 0.15) is 65.5 Å². The summed E-state index contributed by atoms with van der Waals surface area (Å²) in [6.45, 7) is 7.90. The lowest BCUT2D eigenvalue weighted by molar-refractivity contribution is -0.125. The summed E-state index contributed by atoms with van der Waals surface area (Å²) in [7, 11) is 3.95. The number of likely N-dealkylation sites (tertiary alicyclic amines) is 1. The van der Waals surface area contributed by atoms with Crippen LogP contribution in [0.25, 0.3) is 0 Å². The average Bonchev–Trinajstić information content (AvgIpc) is 3.39. The molecule has 4 rings (SSSR count). The van der Waals surface area contributed by atoms with E-state index in [1.807, 2.05) is 25.1 Å². The van der Waals surface area contributed by atoms with Gasteiger partial charge in [-0.05, 0) is 59.8 Å². The molecule has 2 aromatic rings. The van der Waals surface area contributed by atoms with E-state index in [0.717, 1.165) is 13.0 Å². The van der Waals surface area contributed by atoms with Crippen LogP contribution in [0.3, 0.4) is 0 Å². The number of anilines is 2. The molecule has 1 aliphatic carbocycles. The lowest BCUT2D eigenvalue weighted by atomic mass is 9.82. The monoisotopic (exact) mass is 549 g/mol. The van der Waals surface area contributed by atoms with Crippen molar-refractivity contribution in [3.05, 3.63) is 58.7 Å². The highest BCUT2D eigenvalue weighted by Crippen LogP contribution is 2.35. The number of hydrogen-bond acceptors (Lipinski definition) is 8. The zero-order valence-corrected chi connectivity index (χ0v) is 23.9. The molecule has 2 amide bonds. The first-order valence-corrected chi connectivity index (χ1v) is 13.7. The first kappa shape index (κ1) is 29.1. The Balaban J connectivity index is 1.40. The summed E-state index contributed by atoms with van der Waals surface area (Å²) in [6.07, 6.45) is 0.821. The third-order valence-electron chi connectivity index (χ3n) is 6.87. The number of nitrogens with one attached hydrogen (secondary N) is 3. The number of ether oxygens (including phenoxy) is 1. The van der Waals surface area contributed by atoms with Crippen LogP contribution in [-0.4, -0.2) is 91.8 Å². The fourth-order valence-electron chi connectivity index (χ4n) is 5.03. The molecule has 0 radical (unpaired) electrons. The molecule has 40 heavy (non-hydrogen) atoms. The van der Waals surface area contributed by atoms with Gasteiger partial charge in [0, 0.05) is 55.2 Å². The van der Waals surface area contributed by atoms with E-state index in [-0.39, 0.29) is 24.0 Å². The number of ketones is 2. The van der Waals surface area contributed by atoms with Crippen molar-refractivity contribution in [3.63, 3.8) is 0 Å². The fourth-order valence-corrected chi connectivity index (χ4v) is 5.03. The van der Waals surface area contributed by atoms with Crippen LogP contribution in [0.2, 0.25) is 0 Å². The quantitative estimate of drug-likeness (QED) is 0.348. The molecule has 0 spiro atoms. The van der Waals surface area contributed by atoms with Crippen molar-refractivity contribution < 1.29 is 23.9 Å². The molecule has 2 aliphatic rings. The van der Waals surface area contributed by atoms with E-state index in [0.29, 0.717) is 59.7 Å². The minimum absolute atomic E-state index is 0.196. The van der Waals surface area contributed by atoms with E-state index >= 15 is 0 Å². The van der Waals surface area contributed by atoms with Crippen LogP contribution >= 0.6 is 0 Å². The predicted octanol–water partition coefficient (Wildman–Crippen LogP) is 3.36. The third-order valence-corrected chi connectivity index (χ3v) is 6.87. The zero-order valence-electron chi connectivity index (χ0n) is 23.9. The van der Waals surface area contributed by atoms with Gasteiger partial charge in [0.05, 0.1) is 11.1 Å². The van der Waals surface area contributed by atoms with Crippen LogP contribution in [0.15, 0.2) is 36.4 Å². The molecule has 0 saturated carbocycles. The topological polar surface area (TPSA) is 120 Å². The zero-order chi connectivity index (χ0) is 29.0. The second kappa shape index (κ2) is 12.1. The maximum atomic E-state index is 13.6. The molecule has 1 aliphatic heterocycles. The van der Waals surface area contributed by atoms with Crippen LogP contribution < -0.4 is 16.0 Å². The Hall–Kier alpha value is -3.92. The molecular weight excluding hydrogens is 510 g/mol. The van der Waals surface area contributed by atoms with Crippen LogP contribution in [0.4, 0.5) is 16.2 Å². The first-order chi connectivity index (χ1) is 19.0. The van der Waals surface area contributed by atoms with Crippen molar-refractivity contribution in [3.8, 4) is 0 Å². The summed E-state index contributed by atoms with van der Waals surface area (Å²) >= 11 is 0. The SMILES string of the molecule is CN(C)CCNc1cccc2c1C(=O)c1cccc(NCCNC(=O)C3CCCN3C(=O)OC(C)(C)C)c1C2=O. The molecule has 1 heterocycles. The highest BCUT2D eigenvalue weighted by atomic mass is 16.6. The number of rotatable bonds is 9. The van der Waals surface area contributed by atoms with Gasteiger partial charge in [0.25, 0.3) is 0 Å². The Morgan fingerprint density at radius 2 is 1.50 bits per heavy atom. The van der Waals surface area contributed by atoms with Crippen molar-refractivity contribution >= 4 is 34.9 Å². The second-order valence-corrected chi connectivity index (χ2v) is 11.4. The lowest BCUT2D eigenvalue weighted by Gasteiger charge is -2.28. The summed E-state index contributed by atoms with van der Waals surface area (Å²) in [5, 5.41) is 9.39. The standard InChI is InChI=1S/C30H39N5O5/c1-30(2,3)40-29(39)35-17-8-13-23(35)28(38)33-15-14-31-21-11-6-9-19-24(21)26(36)20-10-7-12-22(25(20)27(19)37)32-16-18-34(4)5/h6-7,9-12,23,31-32H,8,13-18H2,1-5H3,(H,33,38). The van der Waals surface area contributed by atoms with Crippen molar-refractivity contribution in [1.82, 2.24) is 15.1 Å². The number of nitrogens with zero attached hydrogens (tertiary/aromatic N) is 2. The molecule has 10 nitrogen and oxygen atoms in total. The Bertz CT molecular complexity index is 1300. The van der Waals surface area contributed by atoms with E-state index < -0.39 is 17.7 Å². The predicted molar refractivity (Wildman–Crippen MR) is 154 cm³/mol. The van der Waals surface area contributed by atoms with E-state index in [1.165, 1.54) is 4.90 Å². The largest absolute Gasteiger partial charge is 0.444 e. The molecule has 2 aromatic carbocycles. The van der Waals surface area contributed by atoms with E-state index in [1.54, 1.807) is 51.1 Å². The van der Waals surface area contributed by atoms with E-state index in [9.17, 15) is 19.2 Å². The van der Waals surface area contributed by atoms with Gasteiger partial charge in [0.15, 0.2) is 11.6 Å². The maximum Gasteiger partial charge on any atom is 0.410 e. The molecule has 1 fully saturated rings. The Kier molecular flexibility index (Phi) is 8.78. The number of amides is 2. The average molecular weight is 550 g/mol. The van der Waals surface area contributed by atoms with Gasteiger partial charge in [-0.2, -0.15) is 0 Å². The van der Waals surface area contributed by atoms with Gasteiger partial charge < -0.3 is 25.6 Å². The van der Waals surface area contributed by atoms with Gasteiger partial charge in [-0.3, -0.25) is 19.3 Å². The second-order valence-electron chi connectivity index (χ2n) is 11.4. The van der Waals surface area contributed by atoms with Gasteiger partial charge in [0.2, 0.25) is 5.91 Å². The minimum Gasteiger partial charge on any atom is -0.444 e. The van der Waals surface area contributed by atoms with Gasteiger partial charge in [-0.15, -0.1) is 0 Å². The van der Waals surface area contributed by atoms with Gasteiger partial charge in [0.1, 0.15) is 11.6 Å². The summed E-state index contributed by atoms with van der Waals surface area (Å²) in [4.78, 5) is 56.0. The fraction of sp³-hybridized carbons (Fsp3) is 0.467. The summed E-state index contributed by atoms with van der Waals surface area (Å²) in [5.41, 5.74) is 2.02. The molecule has 214 valence electrons. The lowest BCUT2D eigenvalue weighted by Crippen LogP contribution is -2.48. The Morgan fingerprint density at radius 3 is 2.05 bits per heavy atom. The smallest absolute Gasteiger partial charge is 0.410 e. The van der Waals surface area contributed by atoms with Gasteiger partial charge in [-0.1, -0.05) is 24.3 Å². The molecule has 0 aromatic heterocycles. The summed E-state index contributed by atoms with van der Waals surface area (Å²) in [5.74, 6) is -0.653. The number of likely N-dealkylation sites (N-methyl/N-ethyl adjacent to an activating group) is 1. The highest BCUT2D eigenvalue weighted by Gasteiger charge is 2.37. The van der Waals surface area contributed by atoms with Crippen molar-refractivity contribution in [2.75, 3.05) is 57.5 Å². The normalized spacial score (nSPS) is 16.4. The minimum atomic E-state index is -0.636. The highest BCUT2D eigenvalue weighted by molar-refractivity contribution is 6.31. The molecule has 1 saturated heterocycles. The molecule has 0 bridgehead atoms. The summed E-state index contributed by atoms with van der Waals surface area (Å²) in [6, 6.07) is 9.90. The number of carbonyl (C=O) groups is 4. The molecular formula is C30H39N5O5. The first-order valence-electron chi connectivity index (χ1n) is 13.7. The van der Waals surface area contributed by atoms with Gasteiger partial charge in [-0.25, -0.2) is 4.79 Å². The molecule has 10 heteroatoms. The van der Waals surface area contributed by atoms with E-state index in [2.05, 4.69) is 16.0 Å². The molecule has 3 N–H and O–H groups in total. The van der Waals surface area contributed by atoms with Crippen LogP contribution in [0, 0.1) is 0 Å². The molecule has 1 unspecified atom stereocenters. The molecule has 1 atom stereocenters. The third kappa shape index (κ3) is 6.44. The van der Waals surface area contributed by atoms with Crippen molar-refractivity contribution in [2.24, 2.45) is 0 Å².